The molecule has 0 spiro atoms. The highest BCUT2D eigenvalue weighted by molar-refractivity contribution is 9.10. The number of carbonyl (C=O) groups excluding carboxylic acids is 1. The van der Waals surface area contributed by atoms with Gasteiger partial charge in [0.2, 0.25) is 11.1 Å². The second kappa shape index (κ2) is 8.55. The average molecular weight is 563 g/mol. The number of carbonyl (C=O) groups is 1. The number of nitrogens with zero attached hydrogens (tertiary/aromatic N) is 4. The number of hydrogen-bond acceptors (Lipinski definition) is 5. The van der Waals surface area contributed by atoms with E-state index in [1.807, 2.05) is 35.9 Å². The molecule has 2 heterocycles. The lowest BCUT2D eigenvalue weighted by molar-refractivity contribution is -0.113. The summed E-state index contributed by atoms with van der Waals surface area (Å²) < 4.78 is 2.94. The molecule has 4 aromatic rings. The molecule has 2 aromatic heterocycles. The Morgan fingerprint density at radius 1 is 1.08 bits per heavy atom. The van der Waals surface area contributed by atoms with Gasteiger partial charge >= 0.3 is 0 Å². The summed E-state index contributed by atoms with van der Waals surface area (Å²) in [6.07, 6.45) is 8.22. The first-order valence-electron chi connectivity index (χ1n) is 12.8. The Labute approximate surface area is 222 Å². The van der Waals surface area contributed by atoms with Crippen molar-refractivity contribution in [1.82, 2.24) is 19.7 Å². The summed E-state index contributed by atoms with van der Waals surface area (Å²) in [6.45, 7) is 0. The van der Waals surface area contributed by atoms with E-state index in [0.717, 1.165) is 50.0 Å². The van der Waals surface area contributed by atoms with Crippen LogP contribution in [0, 0.1) is 17.8 Å². The molecule has 0 unspecified atom stereocenters. The van der Waals surface area contributed by atoms with E-state index in [4.69, 9.17) is 4.98 Å². The van der Waals surface area contributed by atoms with Crippen molar-refractivity contribution in [2.45, 2.75) is 49.1 Å². The van der Waals surface area contributed by atoms with Gasteiger partial charge in [-0.3, -0.25) is 4.79 Å². The molecule has 4 aliphatic carbocycles. The number of nitrogens with one attached hydrogen (secondary N) is 1. The van der Waals surface area contributed by atoms with Gasteiger partial charge in [0.05, 0.1) is 17.0 Å². The van der Waals surface area contributed by atoms with Gasteiger partial charge in [0, 0.05) is 16.9 Å². The second-order valence-electron chi connectivity index (χ2n) is 11.1. The fourth-order valence-electron chi connectivity index (χ4n) is 7.58. The van der Waals surface area contributed by atoms with Crippen LogP contribution >= 0.6 is 27.7 Å². The highest BCUT2D eigenvalue weighted by Crippen LogP contribution is 2.61. The maximum absolute atomic E-state index is 12.9. The van der Waals surface area contributed by atoms with Crippen molar-refractivity contribution >= 4 is 61.4 Å². The van der Waals surface area contributed by atoms with Crippen LogP contribution in [-0.2, 0) is 17.3 Å². The van der Waals surface area contributed by atoms with Crippen LogP contribution in [0.1, 0.15) is 44.1 Å². The van der Waals surface area contributed by atoms with Gasteiger partial charge in [0.25, 0.3) is 0 Å². The van der Waals surface area contributed by atoms with Crippen molar-refractivity contribution in [3.8, 4) is 0 Å². The third-order valence-electron chi connectivity index (χ3n) is 8.71. The first-order valence-corrected chi connectivity index (χ1v) is 14.6. The summed E-state index contributed by atoms with van der Waals surface area (Å²) >= 11 is 4.97. The topological polar surface area (TPSA) is 72.7 Å². The van der Waals surface area contributed by atoms with Gasteiger partial charge in [-0.15, -0.1) is 10.2 Å². The minimum Gasteiger partial charge on any atom is -0.327 e. The van der Waals surface area contributed by atoms with Gasteiger partial charge < -0.3 is 9.88 Å². The Bertz CT molecular complexity index is 1480. The predicted molar refractivity (Wildman–Crippen MR) is 147 cm³/mol. The summed E-state index contributed by atoms with van der Waals surface area (Å²) in [5.41, 5.74) is 5.20. The zero-order chi connectivity index (χ0) is 24.4. The third-order valence-corrected chi connectivity index (χ3v) is 10.2. The molecule has 1 amide bonds. The van der Waals surface area contributed by atoms with Gasteiger partial charge in [0.1, 0.15) is 5.52 Å². The lowest BCUT2D eigenvalue weighted by atomic mass is 9.48. The average Bonchev–Trinajstić information content (AvgIpc) is 3.15. The number of thioether (sulfide) groups is 1. The number of fused-ring (bicyclic) bond motifs is 3. The molecule has 6 nitrogen and oxygen atoms in total. The second-order valence-corrected chi connectivity index (χ2v) is 12.9. The Morgan fingerprint density at radius 3 is 2.56 bits per heavy atom. The molecule has 36 heavy (non-hydrogen) atoms. The molecule has 8 rings (SSSR count). The smallest absolute Gasteiger partial charge is 0.234 e. The maximum atomic E-state index is 12.9. The first kappa shape index (κ1) is 22.7. The summed E-state index contributed by atoms with van der Waals surface area (Å²) in [7, 11) is 1.98. The van der Waals surface area contributed by atoms with Crippen molar-refractivity contribution < 1.29 is 4.79 Å². The SMILES string of the molecule is Cn1c2ccccc2c2nnc(SCC(=O)Nc3cc(C45CC6CC(CC(C6)C4)C5)ccc3Br)nc21. The van der Waals surface area contributed by atoms with Crippen molar-refractivity contribution in [2.75, 3.05) is 11.1 Å². The molecular formula is C28H28BrN5OS. The van der Waals surface area contributed by atoms with Gasteiger partial charge in [0.15, 0.2) is 5.65 Å². The van der Waals surface area contributed by atoms with E-state index >= 15 is 0 Å². The number of rotatable bonds is 5. The lowest BCUT2D eigenvalue weighted by Gasteiger charge is -2.57. The first-order chi connectivity index (χ1) is 17.5. The highest BCUT2D eigenvalue weighted by atomic mass is 79.9. The van der Waals surface area contributed by atoms with E-state index in [0.29, 0.717) is 10.6 Å². The summed E-state index contributed by atoms with van der Waals surface area (Å²) in [6, 6.07) is 14.7. The van der Waals surface area contributed by atoms with Crippen LogP contribution < -0.4 is 5.32 Å². The number of halogens is 1. The fraction of sp³-hybridized carbons (Fsp3) is 0.429. The number of para-hydroxylation sites is 1. The van der Waals surface area contributed by atoms with Crippen LogP contribution in [0.25, 0.3) is 22.1 Å². The van der Waals surface area contributed by atoms with Gasteiger partial charge in [-0.2, -0.15) is 0 Å². The normalized spacial score (nSPS) is 26.7. The number of hydrogen-bond donors (Lipinski definition) is 1. The van der Waals surface area contributed by atoms with Crippen LogP contribution in [0.15, 0.2) is 52.1 Å². The quantitative estimate of drug-likeness (QED) is 0.282. The van der Waals surface area contributed by atoms with Gasteiger partial charge in [-0.1, -0.05) is 36.0 Å². The van der Waals surface area contributed by atoms with Crippen LogP contribution in [0.5, 0.6) is 0 Å². The molecule has 0 saturated heterocycles. The molecule has 0 atom stereocenters. The molecule has 4 bridgehead atoms. The molecule has 1 N–H and O–H groups in total. The summed E-state index contributed by atoms with van der Waals surface area (Å²) in [5.74, 6) is 2.83. The largest absolute Gasteiger partial charge is 0.327 e. The summed E-state index contributed by atoms with van der Waals surface area (Å²) in [4.78, 5) is 17.6. The predicted octanol–water partition coefficient (Wildman–Crippen LogP) is 6.48. The fourth-order valence-corrected chi connectivity index (χ4v) is 8.51. The summed E-state index contributed by atoms with van der Waals surface area (Å²) in [5, 5.41) is 13.4. The Hall–Kier alpha value is -2.45. The molecule has 184 valence electrons. The molecule has 8 heteroatoms. The van der Waals surface area contributed by atoms with Gasteiger partial charge in [-0.05, 0) is 101 Å². The van der Waals surface area contributed by atoms with Crippen LogP contribution in [0.3, 0.4) is 0 Å². The van der Waals surface area contributed by atoms with E-state index in [2.05, 4.69) is 49.6 Å². The van der Waals surface area contributed by atoms with E-state index < -0.39 is 0 Å². The van der Waals surface area contributed by atoms with Crippen molar-refractivity contribution in [3.63, 3.8) is 0 Å². The Morgan fingerprint density at radius 2 is 1.81 bits per heavy atom. The van der Waals surface area contributed by atoms with E-state index in [-0.39, 0.29) is 11.7 Å². The van der Waals surface area contributed by atoms with Crippen LogP contribution in [0.4, 0.5) is 5.69 Å². The maximum Gasteiger partial charge on any atom is 0.234 e. The molecule has 4 aliphatic rings. The Balaban J connectivity index is 1.08. The van der Waals surface area contributed by atoms with Crippen molar-refractivity contribution in [2.24, 2.45) is 24.8 Å². The number of aryl methyl sites for hydroxylation is 1. The van der Waals surface area contributed by atoms with E-state index in [1.165, 1.54) is 55.9 Å². The van der Waals surface area contributed by atoms with E-state index in [9.17, 15) is 4.79 Å². The van der Waals surface area contributed by atoms with Crippen molar-refractivity contribution in [3.05, 3.63) is 52.5 Å². The molecule has 0 radical (unpaired) electrons. The zero-order valence-corrected chi connectivity index (χ0v) is 22.6. The molecule has 4 saturated carbocycles. The van der Waals surface area contributed by atoms with Gasteiger partial charge in [-0.25, -0.2) is 4.98 Å². The highest BCUT2D eigenvalue weighted by Gasteiger charge is 2.51. The minimum atomic E-state index is -0.0656. The number of benzene rings is 2. The lowest BCUT2D eigenvalue weighted by Crippen LogP contribution is -2.48. The minimum absolute atomic E-state index is 0.0656. The molecule has 0 aliphatic heterocycles. The number of aromatic nitrogens is 4. The number of amides is 1. The Kier molecular flexibility index (Phi) is 5.40. The van der Waals surface area contributed by atoms with Crippen LogP contribution in [-0.4, -0.2) is 31.4 Å². The van der Waals surface area contributed by atoms with E-state index in [1.54, 1.807) is 0 Å². The monoisotopic (exact) mass is 561 g/mol. The van der Waals surface area contributed by atoms with Crippen molar-refractivity contribution in [1.29, 1.82) is 0 Å². The zero-order valence-electron chi connectivity index (χ0n) is 20.2. The molecule has 4 fully saturated rings. The molecular weight excluding hydrogens is 534 g/mol. The molecule has 2 aromatic carbocycles. The standard InChI is InChI=1S/C28H28BrN5OS/c1-34-23-5-3-2-4-20(23)25-26(34)31-27(33-32-25)36-15-24(35)30-22-11-19(6-7-21(22)29)28-12-16-8-17(13-28)10-18(9-16)14-28/h2-7,11,16-18H,8-10,12-15H2,1H3,(H,30,35). The van der Waals surface area contributed by atoms with Crippen LogP contribution in [0.2, 0.25) is 0 Å². The third kappa shape index (κ3) is 3.76. The number of anilines is 1.